The monoisotopic (exact) mass is 444 g/mol. The van der Waals surface area contributed by atoms with E-state index >= 15 is 0 Å². The minimum atomic E-state index is -0.758. The fourth-order valence-electron chi connectivity index (χ4n) is 3.65. The molecule has 174 valence electrons. The summed E-state index contributed by atoms with van der Waals surface area (Å²) in [6.07, 6.45) is 5.66. The number of carbonyl (C=O) groups excluding carboxylic acids is 1. The SMILES string of the molecule is Cn1ncc(-c2ccc(O[C@H]3CCC[C@H](C(=O)O)C3)cn2)c1CNC(=O)OCC(C)(C)C. The highest BCUT2D eigenvalue weighted by Gasteiger charge is 2.28. The van der Waals surface area contributed by atoms with E-state index in [0.29, 0.717) is 30.9 Å². The average molecular weight is 445 g/mol. The van der Waals surface area contributed by atoms with E-state index in [4.69, 9.17) is 9.47 Å². The number of rotatable bonds is 7. The van der Waals surface area contributed by atoms with E-state index in [1.54, 1.807) is 24.1 Å². The van der Waals surface area contributed by atoms with E-state index in [1.165, 1.54) is 0 Å². The highest BCUT2D eigenvalue weighted by atomic mass is 16.5. The van der Waals surface area contributed by atoms with Crippen LogP contribution < -0.4 is 10.1 Å². The van der Waals surface area contributed by atoms with Crippen LogP contribution in [0.3, 0.4) is 0 Å². The maximum Gasteiger partial charge on any atom is 0.407 e. The number of pyridine rings is 1. The molecule has 1 fully saturated rings. The van der Waals surface area contributed by atoms with Gasteiger partial charge in [-0.1, -0.05) is 20.8 Å². The summed E-state index contributed by atoms with van der Waals surface area (Å²) >= 11 is 0. The number of nitrogens with zero attached hydrogens (tertiary/aromatic N) is 3. The Morgan fingerprint density at radius 1 is 1.25 bits per heavy atom. The zero-order valence-electron chi connectivity index (χ0n) is 19.1. The topological polar surface area (TPSA) is 116 Å². The van der Waals surface area contributed by atoms with Crippen molar-refractivity contribution in [3.05, 3.63) is 30.2 Å². The van der Waals surface area contributed by atoms with Crippen molar-refractivity contribution in [3.63, 3.8) is 0 Å². The molecule has 1 aliphatic carbocycles. The van der Waals surface area contributed by atoms with Crippen LogP contribution in [0.25, 0.3) is 11.3 Å². The van der Waals surface area contributed by atoms with Gasteiger partial charge in [0.15, 0.2) is 0 Å². The lowest BCUT2D eigenvalue weighted by molar-refractivity contribution is -0.143. The predicted octanol–water partition coefficient (Wildman–Crippen LogP) is 3.78. The number of aryl methyl sites for hydroxylation is 1. The first-order valence-electron chi connectivity index (χ1n) is 10.9. The van der Waals surface area contributed by atoms with Gasteiger partial charge in [0, 0.05) is 12.6 Å². The molecule has 3 rings (SSSR count). The van der Waals surface area contributed by atoms with Gasteiger partial charge in [0.25, 0.3) is 0 Å². The summed E-state index contributed by atoms with van der Waals surface area (Å²) in [6, 6.07) is 3.67. The number of carboxylic acid groups (broad SMARTS) is 1. The van der Waals surface area contributed by atoms with Crippen molar-refractivity contribution in [2.75, 3.05) is 6.61 Å². The lowest BCUT2D eigenvalue weighted by Crippen LogP contribution is -2.29. The molecule has 0 unspecified atom stereocenters. The number of carbonyl (C=O) groups is 2. The number of hydrogen-bond acceptors (Lipinski definition) is 6. The van der Waals surface area contributed by atoms with Gasteiger partial charge in [-0.3, -0.25) is 14.5 Å². The minimum Gasteiger partial charge on any atom is -0.489 e. The Kier molecular flexibility index (Phi) is 7.37. The molecule has 9 heteroatoms. The van der Waals surface area contributed by atoms with Gasteiger partial charge in [-0.2, -0.15) is 5.10 Å². The van der Waals surface area contributed by atoms with Gasteiger partial charge in [-0.15, -0.1) is 0 Å². The minimum absolute atomic E-state index is 0.102. The number of nitrogens with one attached hydrogen (secondary N) is 1. The summed E-state index contributed by atoms with van der Waals surface area (Å²) in [5.74, 6) is -0.493. The van der Waals surface area contributed by atoms with E-state index in [2.05, 4.69) is 15.4 Å². The molecule has 32 heavy (non-hydrogen) atoms. The number of alkyl carbamates (subject to hydrolysis) is 1. The average Bonchev–Trinajstić information content (AvgIpc) is 3.11. The Morgan fingerprint density at radius 2 is 2.03 bits per heavy atom. The van der Waals surface area contributed by atoms with Crippen molar-refractivity contribution >= 4 is 12.1 Å². The van der Waals surface area contributed by atoms with Crippen molar-refractivity contribution < 1.29 is 24.2 Å². The highest BCUT2D eigenvalue weighted by molar-refractivity contribution is 5.70. The number of hydrogen-bond donors (Lipinski definition) is 2. The second kappa shape index (κ2) is 10.0. The molecular formula is C23H32N4O5. The van der Waals surface area contributed by atoms with Crippen LogP contribution in [0, 0.1) is 11.3 Å². The van der Waals surface area contributed by atoms with Crippen molar-refractivity contribution in [1.29, 1.82) is 0 Å². The Morgan fingerprint density at radius 3 is 2.69 bits per heavy atom. The number of carboxylic acids is 1. The molecule has 2 N–H and O–H groups in total. The quantitative estimate of drug-likeness (QED) is 0.668. The molecule has 0 spiro atoms. The Bertz CT molecular complexity index is 933. The molecule has 0 radical (unpaired) electrons. The fourth-order valence-corrected chi connectivity index (χ4v) is 3.65. The third kappa shape index (κ3) is 6.45. The summed E-state index contributed by atoms with van der Waals surface area (Å²) in [4.78, 5) is 27.8. The Labute approximate surface area is 188 Å². The molecule has 0 saturated heterocycles. The van der Waals surface area contributed by atoms with Crippen LogP contribution in [0.2, 0.25) is 0 Å². The zero-order chi connectivity index (χ0) is 23.3. The van der Waals surface area contributed by atoms with E-state index < -0.39 is 12.1 Å². The van der Waals surface area contributed by atoms with Crippen LogP contribution in [-0.2, 0) is 23.1 Å². The predicted molar refractivity (Wildman–Crippen MR) is 118 cm³/mol. The van der Waals surface area contributed by atoms with Gasteiger partial charge >= 0.3 is 12.1 Å². The van der Waals surface area contributed by atoms with Crippen molar-refractivity contribution in [2.24, 2.45) is 18.4 Å². The van der Waals surface area contributed by atoms with E-state index in [0.717, 1.165) is 24.1 Å². The molecule has 0 aromatic carbocycles. The molecule has 0 bridgehead atoms. The number of aromatic nitrogens is 3. The molecule has 1 amide bonds. The van der Waals surface area contributed by atoms with Crippen LogP contribution in [0.1, 0.15) is 52.1 Å². The molecule has 2 aromatic rings. The standard InChI is InChI=1S/C23H32N4O5/c1-23(2,3)14-31-22(30)25-13-20-18(12-26-27(20)4)19-9-8-17(11-24-19)32-16-7-5-6-15(10-16)21(28)29/h8-9,11-12,15-16H,5-7,10,13-14H2,1-4H3,(H,25,30)(H,28,29)/t15-,16-/m0/s1. The molecule has 1 aliphatic rings. The molecule has 2 aromatic heterocycles. The second-order valence-corrected chi connectivity index (χ2v) is 9.44. The van der Waals surface area contributed by atoms with Gasteiger partial charge < -0.3 is 19.9 Å². The molecule has 0 aliphatic heterocycles. The summed E-state index contributed by atoms with van der Waals surface area (Å²) < 4.78 is 12.9. The van der Waals surface area contributed by atoms with Gasteiger partial charge in [-0.25, -0.2) is 4.79 Å². The van der Waals surface area contributed by atoms with E-state index in [1.807, 2.05) is 32.9 Å². The first-order valence-corrected chi connectivity index (χ1v) is 10.9. The lowest BCUT2D eigenvalue weighted by atomic mass is 9.87. The first kappa shape index (κ1) is 23.6. The number of aliphatic carboxylic acids is 1. The maximum absolute atomic E-state index is 12.0. The maximum atomic E-state index is 12.0. The molecule has 2 atom stereocenters. The third-order valence-corrected chi connectivity index (χ3v) is 5.39. The Balaban J connectivity index is 1.61. The van der Waals surface area contributed by atoms with Crippen molar-refractivity contribution in [2.45, 2.75) is 59.1 Å². The van der Waals surface area contributed by atoms with E-state index in [-0.39, 0.29) is 24.0 Å². The largest absolute Gasteiger partial charge is 0.489 e. The van der Waals surface area contributed by atoms with Gasteiger partial charge in [0.05, 0.1) is 49.0 Å². The van der Waals surface area contributed by atoms with Gasteiger partial charge in [-0.05, 0) is 43.2 Å². The first-order chi connectivity index (χ1) is 15.1. The molecule has 9 nitrogen and oxygen atoms in total. The normalized spacial score (nSPS) is 18.8. The lowest BCUT2D eigenvalue weighted by Gasteiger charge is -2.27. The third-order valence-electron chi connectivity index (χ3n) is 5.39. The van der Waals surface area contributed by atoms with Crippen molar-refractivity contribution in [3.8, 4) is 17.0 Å². The number of ether oxygens (including phenoxy) is 2. The van der Waals surface area contributed by atoms with E-state index in [9.17, 15) is 14.7 Å². The summed E-state index contributed by atoms with van der Waals surface area (Å²) in [5.41, 5.74) is 2.21. The van der Waals surface area contributed by atoms with Crippen LogP contribution in [0.15, 0.2) is 24.5 Å². The van der Waals surface area contributed by atoms with Crippen LogP contribution >= 0.6 is 0 Å². The van der Waals surface area contributed by atoms with Gasteiger partial charge in [0.1, 0.15) is 5.75 Å². The smallest absolute Gasteiger partial charge is 0.407 e. The molecular weight excluding hydrogens is 412 g/mol. The summed E-state index contributed by atoms with van der Waals surface area (Å²) in [6.45, 7) is 6.58. The molecule has 2 heterocycles. The highest BCUT2D eigenvalue weighted by Crippen LogP contribution is 2.29. The second-order valence-electron chi connectivity index (χ2n) is 9.44. The van der Waals surface area contributed by atoms with Gasteiger partial charge in [0.2, 0.25) is 0 Å². The zero-order valence-corrected chi connectivity index (χ0v) is 19.1. The van der Waals surface area contributed by atoms with Crippen LogP contribution in [-0.4, -0.2) is 44.6 Å². The molecule has 1 saturated carbocycles. The number of amides is 1. The van der Waals surface area contributed by atoms with Crippen molar-refractivity contribution in [1.82, 2.24) is 20.1 Å². The summed E-state index contributed by atoms with van der Waals surface area (Å²) in [5, 5.41) is 16.3. The van der Waals surface area contributed by atoms with Crippen LogP contribution in [0.4, 0.5) is 4.79 Å². The fraction of sp³-hybridized carbons (Fsp3) is 0.565. The summed E-state index contributed by atoms with van der Waals surface area (Å²) in [7, 11) is 1.81. The Hall–Kier alpha value is -3.10. The van der Waals surface area contributed by atoms with Crippen LogP contribution in [0.5, 0.6) is 5.75 Å².